The van der Waals surface area contributed by atoms with Crippen molar-refractivity contribution >= 4 is 29.7 Å². The molecule has 2 rings (SSSR count). The van der Waals surface area contributed by atoms with Crippen LogP contribution in [0, 0.1) is 0 Å². The molecule has 0 heterocycles. The quantitative estimate of drug-likeness (QED) is 0.607. The third-order valence-corrected chi connectivity index (χ3v) is 3.90. The Labute approximate surface area is 106 Å². The SMILES string of the molecule is CBSc1ccc(C2CC(=O)CC(=O)C2)cc1. The van der Waals surface area contributed by atoms with Crippen molar-refractivity contribution in [2.45, 2.75) is 36.9 Å². The van der Waals surface area contributed by atoms with Crippen molar-refractivity contribution in [3.05, 3.63) is 29.8 Å². The highest BCUT2D eigenvalue weighted by Crippen LogP contribution is 2.30. The maximum absolute atomic E-state index is 11.4. The van der Waals surface area contributed by atoms with Gasteiger partial charge in [-0.2, -0.15) is 11.6 Å². The van der Waals surface area contributed by atoms with Crippen LogP contribution in [-0.2, 0) is 9.59 Å². The van der Waals surface area contributed by atoms with Crippen LogP contribution in [0.4, 0.5) is 0 Å². The lowest BCUT2D eigenvalue weighted by Gasteiger charge is -2.20. The molecule has 0 aromatic heterocycles. The zero-order valence-corrected chi connectivity index (χ0v) is 10.8. The highest BCUT2D eigenvalue weighted by Gasteiger charge is 2.26. The van der Waals surface area contributed by atoms with Crippen LogP contribution in [0.15, 0.2) is 29.2 Å². The van der Waals surface area contributed by atoms with Gasteiger partial charge in [-0.15, -0.1) is 0 Å². The van der Waals surface area contributed by atoms with E-state index in [1.807, 2.05) is 0 Å². The Morgan fingerprint density at radius 1 is 1.12 bits per heavy atom. The molecule has 1 saturated carbocycles. The van der Waals surface area contributed by atoms with Gasteiger partial charge in [0.1, 0.15) is 11.6 Å². The van der Waals surface area contributed by atoms with Crippen molar-refractivity contribution in [3.63, 3.8) is 0 Å². The highest BCUT2D eigenvalue weighted by atomic mass is 32.2. The molecule has 1 fully saturated rings. The Kier molecular flexibility index (Phi) is 4.05. The first-order valence-electron chi connectivity index (χ1n) is 5.95. The fourth-order valence-corrected chi connectivity index (χ4v) is 2.89. The van der Waals surface area contributed by atoms with E-state index in [1.54, 1.807) is 11.6 Å². The second kappa shape index (κ2) is 5.54. The fourth-order valence-electron chi connectivity index (χ4n) is 2.22. The van der Waals surface area contributed by atoms with E-state index in [0.29, 0.717) is 12.8 Å². The Bertz CT molecular complexity index is 412. The van der Waals surface area contributed by atoms with Crippen LogP contribution in [0.25, 0.3) is 0 Å². The van der Waals surface area contributed by atoms with Crippen LogP contribution in [0.1, 0.15) is 30.7 Å². The van der Waals surface area contributed by atoms with Crippen LogP contribution in [0.2, 0.25) is 6.82 Å². The van der Waals surface area contributed by atoms with Gasteiger partial charge in [0.2, 0.25) is 0 Å². The van der Waals surface area contributed by atoms with Crippen LogP contribution in [-0.4, -0.2) is 18.1 Å². The first kappa shape index (κ1) is 12.4. The number of benzene rings is 1. The molecule has 0 spiro atoms. The zero-order valence-electron chi connectivity index (χ0n) is 9.94. The molecule has 0 aliphatic heterocycles. The maximum Gasteiger partial charge on any atom is 0.195 e. The molecule has 1 aromatic carbocycles. The van der Waals surface area contributed by atoms with Crippen molar-refractivity contribution in [2.24, 2.45) is 0 Å². The maximum atomic E-state index is 11.4. The van der Waals surface area contributed by atoms with Gasteiger partial charge in [0.15, 0.2) is 6.56 Å². The van der Waals surface area contributed by atoms with Crippen LogP contribution in [0.3, 0.4) is 0 Å². The lowest BCUT2D eigenvalue weighted by molar-refractivity contribution is -0.130. The predicted octanol–water partition coefficient (Wildman–Crippen LogP) is 2.58. The topological polar surface area (TPSA) is 34.1 Å². The van der Waals surface area contributed by atoms with Crippen molar-refractivity contribution < 1.29 is 9.59 Å². The molecule has 0 radical (unpaired) electrons. The molecular formula is C13H15BO2S. The summed E-state index contributed by atoms with van der Waals surface area (Å²) < 4.78 is 0. The predicted molar refractivity (Wildman–Crippen MR) is 71.9 cm³/mol. The Hall–Kier alpha value is -1.03. The molecule has 17 heavy (non-hydrogen) atoms. The molecule has 0 bridgehead atoms. The van der Waals surface area contributed by atoms with E-state index in [0.717, 1.165) is 12.1 Å². The zero-order chi connectivity index (χ0) is 12.3. The summed E-state index contributed by atoms with van der Waals surface area (Å²) in [5.41, 5.74) is 1.12. The minimum Gasteiger partial charge on any atom is -0.299 e. The van der Waals surface area contributed by atoms with Gasteiger partial charge in [-0.3, -0.25) is 9.59 Å². The number of Topliss-reactive ketones (excluding diaryl/α,β-unsaturated/α-hetero) is 2. The number of ketones is 2. The number of carbonyl (C=O) groups is 2. The second-order valence-corrected chi connectivity index (χ2v) is 5.70. The van der Waals surface area contributed by atoms with Crippen LogP contribution < -0.4 is 0 Å². The lowest BCUT2D eigenvalue weighted by Crippen LogP contribution is -2.21. The summed E-state index contributed by atoms with van der Waals surface area (Å²) in [5.74, 6) is 0.265. The molecular weight excluding hydrogens is 231 g/mol. The van der Waals surface area contributed by atoms with Gasteiger partial charge in [-0.25, -0.2) is 0 Å². The van der Waals surface area contributed by atoms with Gasteiger partial charge in [-0.05, 0) is 28.5 Å². The van der Waals surface area contributed by atoms with Gasteiger partial charge in [0.05, 0.1) is 6.42 Å². The Morgan fingerprint density at radius 3 is 2.24 bits per heavy atom. The molecule has 0 atom stereocenters. The summed E-state index contributed by atoms with van der Waals surface area (Å²) in [7, 11) is 0. The molecule has 4 heteroatoms. The van der Waals surface area contributed by atoms with Crippen molar-refractivity contribution in [1.29, 1.82) is 0 Å². The smallest absolute Gasteiger partial charge is 0.195 e. The minimum atomic E-state index is 0.0817. The van der Waals surface area contributed by atoms with Gasteiger partial charge >= 0.3 is 0 Å². The number of hydrogen-bond donors (Lipinski definition) is 0. The van der Waals surface area contributed by atoms with E-state index in [-0.39, 0.29) is 23.9 Å². The third-order valence-electron chi connectivity index (χ3n) is 3.00. The molecule has 88 valence electrons. The van der Waals surface area contributed by atoms with E-state index >= 15 is 0 Å². The van der Waals surface area contributed by atoms with E-state index in [4.69, 9.17) is 0 Å². The average Bonchev–Trinajstić information content (AvgIpc) is 2.29. The second-order valence-electron chi connectivity index (χ2n) is 4.36. The van der Waals surface area contributed by atoms with Gasteiger partial charge in [-0.1, -0.05) is 19.0 Å². The first-order chi connectivity index (χ1) is 8.19. The Morgan fingerprint density at radius 2 is 1.71 bits per heavy atom. The van der Waals surface area contributed by atoms with Crippen molar-refractivity contribution in [2.75, 3.05) is 0 Å². The molecule has 0 saturated heterocycles. The molecule has 1 aliphatic carbocycles. The standard InChI is InChI=1S/C13H15BO2S/c1-14-17-13-4-2-9(3-5-13)10-6-11(15)8-12(16)7-10/h2-5,10,14H,6-8H2,1H3. The van der Waals surface area contributed by atoms with Crippen molar-refractivity contribution in [1.82, 2.24) is 0 Å². The fraction of sp³-hybridized carbons (Fsp3) is 0.385. The molecule has 0 amide bonds. The summed E-state index contributed by atoms with van der Waals surface area (Å²) in [6.45, 7) is 3.18. The summed E-state index contributed by atoms with van der Waals surface area (Å²) in [6.07, 6.45) is 1.18. The largest absolute Gasteiger partial charge is 0.299 e. The number of hydrogen-bond acceptors (Lipinski definition) is 3. The number of rotatable bonds is 3. The lowest BCUT2D eigenvalue weighted by atomic mass is 9.83. The molecule has 1 aliphatic rings. The molecule has 0 unspecified atom stereocenters. The van der Waals surface area contributed by atoms with E-state index in [9.17, 15) is 9.59 Å². The molecule has 1 aromatic rings. The van der Waals surface area contributed by atoms with Gasteiger partial charge in [0.25, 0.3) is 0 Å². The molecule has 2 nitrogen and oxygen atoms in total. The summed E-state index contributed by atoms with van der Waals surface area (Å²) >= 11 is 1.80. The average molecular weight is 246 g/mol. The minimum absolute atomic E-state index is 0.0817. The van der Waals surface area contributed by atoms with Crippen LogP contribution in [0.5, 0.6) is 0 Å². The third kappa shape index (κ3) is 3.22. The summed E-state index contributed by atoms with van der Waals surface area (Å²) in [4.78, 5) is 24.0. The monoisotopic (exact) mass is 246 g/mol. The van der Waals surface area contributed by atoms with Crippen LogP contribution >= 0.6 is 11.6 Å². The summed E-state index contributed by atoms with van der Waals surface area (Å²) in [6, 6.07) is 8.25. The van der Waals surface area contributed by atoms with E-state index in [1.165, 1.54) is 4.90 Å². The van der Waals surface area contributed by atoms with Gasteiger partial charge < -0.3 is 0 Å². The van der Waals surface area contributed by atoms with Gasteiger partial charge in [0, 0.05) is 12.8 Å². The molecule has 0 N–H and O–H groups in total. The number of carbonyl (C=O) groups excluding carboxylic acids is 2. The first-order valence-corrected chi connectivity index (χ1v) is 6.93. The normalized spacial score (nSPS) is 17.2. The van der Waals surface area contributed by atoms with E-state index in [2.05, 4.69) is 31.1 Å². The Balaban J connectivity index is 2.11. The highest BCUT2D eigenvalue weighted by molar-refractivity contribution is 8.22. The van der Waals surface area contributed by atoms with E-state index < -0.39 is 0 Å². The summed E-state index contributed by atoms with van der Waals surface area (Å²) in [5, 5.41) is 0. The van der Waals surface area contributed by atoms with Crippen molar-refractivity contribution in [3.8, 4) is 0 Å².